The highest BCUT2D eigenvalue weighted by Gasteiger charge is 2.38. The molecule has 1 aromatic rings. The number of likely N-dealkylation sites (tertiary alicyclic amines) is 1. The highest BCUT2D eigenvalue weighted by molar-refractivity contribution is 7.74. The van der Waals surface area contributed by atoms with Crippen molar-refractivity contribution < 1.29 is 22.5 Å². The molecule has 6 nitrogen and oxygen atoms in total. The van der Waals surface area contributed by atoms with Crippen LogP contribution in [0.15, 0.2) is 24.3 Å². The van der Waals surface area contributed by atoms with Crippen LogP contribution in [0.5, 0.6) is 0 Å². The topological polar surface area (TPSA) is 78.9 Å². The minimum absolute atomic E-state index is 0.375. The summed E-state index contributed by atoms with van der Waals surface area (Å²) >= 11 is -2.67. The quantitative estimate of drug-likeness (QED) is 0.776. The number of amides is 1. The Bertz CT molecular complexity index is 596. The van der Waals surface area contributed by atoms with Crippen molar-refractivity contribution in [3.8, 4) is 0 Å². The zero-order valence-corrected chi connectivity index (χ0v) is 15.3. The van der Waals surface area contributed by atoms with Crippen LogP contribution in [-0.4, -0.2) is 37.9 Å². The predicted molar refractivity (Wildman–Crippen MR) is 89.9 cm³/mol. The van der Waals surface area contributed by atoms with Crippen LogP contribution in [0.3, 0.4) is 0 Å². The molecule has 0 aliphatic carbocycles. The fourth-order valence-electron chi connectivity index (χ4n) is 2.84. The van der Waals surface area contributed by atoms with Crippen molar-refractivity contribution in [2.45, 2.75) is 58.3 Å². The summed E-state index contributed by atoms with van der Waals surface area (Å²) in [4.78, 5) is 14.0. The van der Waals surface area contributed by atoms with Gasteiger partial charge in [-0.1, -0.05) is 29.8 Å². The lowest BCUT2D eigenvalue weighted by atomic mass is 9.99. The third-order valence-corrected chi connectivity index (χ3v) is 4.23. The number of nitrogens with zero attached hydrogens (tertiary/aromatic N) is 1. The zero-order chi connectivity index (χ0) is 17.9. The predicted octanol–water partition coefficient (Wildman–Crippen LogP) is 3.25. The van der Waals surface area contributed by atoms with E-state index in [1.54, 1.807) is 25.7 Å². The number of hydrogen-bond donors (Lipinski definition) is 0. The van der Waals surface area contributed by atoms with Gasteiger partial charge in [0.25, 0.3) is 0 Å². The summed E-state index contributed by atoms with van der Waals surface area (Å²) in [5.41, 5.74) is 1.19. The Morgan fingerprint density at radius 1 is 1.33 bits per heavy atom. The molecule has 1 saturated heterocycles. The number of ether oxygens (including phenoxy) is 1. The normalized spacial score (nSPS) is 20.7. The first kappa shape index (κ1) is 18.9. The van der Waals surface area contributed by atoms with Gasteiger partial charge < -0.3 is 14.2 Å². The second-order valence-corrected chi connectivity index (χ2v) is 7.62. The number of rotatable bonds is 4. The molecule has 2 rings (SSSR count). The van der Waals surface area contributed by atoms with E-state index < -0.39 is 29.2 Å². The van der Waals surface area contributed by atoms with Gasteiger partial charge in [0.15, 0.2) is 0 Å². The largest absolute Gasteiger partial charge is 0.750 e. The molecule has 7 heteroatoms. The molecule has 0 radical (unpaired) electrons. The van der Waals surface area contributed by atoms with Crippen LogP contribution in [-0.2, 0) is 20.3 Å². The summed E-state index contributed by atoms with van der Waals surface area (Å²) in [6.45, 7) is 7.88. The molecule has 0 aromatic heterocycles. The Morgan fingerprint density at radius 3 is 2.50 bits per heavy atom. The maximum atomic E-state index is 12.4. The molecule has 3 unspecified atom stereocenters. The van der Waals surface area contributed by atoms with Crippen LogP contribution in [0.25, 0.3) is 0 Å². The first-order chi connectivity index (χ1) is 11.2. The highest BCUT2D eigenvalue weighted by Crippen LogP contribution is 2.34. The summed E-state index contributed by atoms with van der Waals surface area (Å²) < 4.78 is 32.9. The van der Waals surface area contributed by atoms with Crippen molar-refractivity contribution in [2.75, 3.05) is 6.54 Å². The van der Waals surface area contributed by atoms with Gasteiger partial charge in [-0.2, -0.15) is 0 Å². The Hall–Kier alpha value is -1.44. The van der Waals surface area contributed by atoms with Gasteiger partial charge >= 0.3 is 6.09 Å². The molecule has 1 aliphatic rings. The summed E-state index contributed by atoms with van der Waals surface area (Å²) in [5.74, 6) is 0. The average Bonchev–Trinajstić information content (AvgIpc) is 2.93. The van der Waals surface area contributed by atoms with E-state index in [-0.39, 0.29) is 6.04 Å². The van der Waals surface area contributed by atoms with Gasteiger partial charge in [0.05, 0.1) is 17.4 Å². The Kier molecular flexibility index (Phi) is 6.01. The van der Waals surface area contributed by atoms with E-state index in [1.807, 2.05) is 31.2 Å². The molecule has 1 fully saturated rings. The van der Waals surface area contributed by atoms with Crippen LogP contribution in [0.4, 0.5) is 4.79 Å². The SMILES string of the molecule is Cc1ccc(C(OS(=O)[O-])C2CCCN2C(=O)OC(C)(C)C)cc1. The molecule has 1 aliphatic heterocycles. The number of aryl methyl sites for hydroxylation is 1. The van der Waals surface area contributed by atoms with E-state index in [4.69, 9.17) is 8.92 Å². The molecular weight excluding hydrogens is 330 g/mol. The number of carbonyl (C=O) groups excluding carboxylic acids is 1. The van der Waals surface area contributed by atoms with Gasteiger partial charge in [-0.15, -0.1) is 0 Å². The molecule has 3 atom stereocenters. The van der Waals surface area contributed by atoms with E-state index in [0.717, 1.165) is 17.5 Å². The molecule has 24 heavy (non-hydrogen) atoms. The second-order valence-electron chi connectivity index (χ2n) is 7.01. The third-order valence-electron chi connectivity index (χ3n) is 3.86. The first-order valence-electron chi connectivity index (χ1n) is 8.00. The van der Waals surface area contributed by atoms with Crippen LogP contribution >= 0.6 is 0 Å². The molecule has 0 spiro atoms. The molecule has 0 N–H and O–H groups in total. The zero-order valence-electron chi connectivity index (χ0n) is 14.5. The van der Waals surface area contributed by atoms with Crippen molar-refractivity contribution in [1.29, 1.82) is 0 Å². The summed E-state index contributed by atoms with van der Waals surface area (Å²) in [5, 5.41) is 0. The maximum absolute atomic E-state index is 12.4. The van der Waals surface area contributed by atoms with Crippen molar-refractivity contribution in [2.24, 2.45) is 0 Å². The van der Waals surface area contributed by atoms with Crippen LogP contribution in [0, 0.1) is 6.92 Å². The van der Waals surface area contributed by atoms with Gasteiger partial charge in [-0.25, -0.2) is 9.00 Å². The molecular formula is C17H24NO5S-. The van der Waals surface area contributed by atoms with E-state index >= 15 is 0 Å². The smallest absolute Gasteiger partial charge is 0.410 e. The minimum atomic E-state index is -2.67. The van der Waals surface area contributed by atoms with Crippen LogP contribution in [0.1, 0.15) is 50.8 Å². The molecule has 1 amide bonds. The minimum Gasteiger partial charge on any atom is -0.750 e. The van der Waals surface area contributed by atoms with Gasteiger partial charge in [-0.3, -0.25) is 4.18 Å². The lowest BCUT2D eigenvalue weighted by Gasteiger charge is -2.33. The molecule has 0 saturated carbocycles. The second kappa shape index (κ2) is 7.63. The first-order valence-corrected chi connectivity index (χ1v) is 9.00. The van der Waals surface area contributed by atoms with E-state index in [1.165, 1.54) is 0 Å². The lowest BCUT2D eigenvalue weighted by molar-refractivity contribution is 0.00918. The number of benzene rings is 1. The number of carbonyl (C=O) groups is 1. The standard InChI is InChI=1S/C17H25NO5S/c1-12-7-9-13(10-8-12)15(23-24(20)21)14-6-5-11-18(14)16(19)22-17(2,3)4/h7-10,14-15H,5-6,11H2,1-4H3,(H,20,21)/p-1. The van der Waals surface area contributed by atoms with E-state index in [9.17, 15) is 13.6 Å². The van der Waals surface area contributed by atoms with Crippen molar-refractivity contribution in [1.82, 2.24) is 4.90 Å². The van der Waals surface area contributed by atoms with Gasteiger partial charge in [-0.05, 0) is 46.1 Å². The molecule has 134 valence electrons. The van der Waals surface area contributed by atoms with Crippen molar-refractivity contribution in [3.63, 3.8) is 0 Å². The van der Waals surface area contributed by atoms with Crippen molar-refractivity contribution in [3.05, 3.63) is 35.4 Å². The Morgan fingerprint density at radius 2 is 1.96 bits per heavy atom. The molecule has 1 heterocycles. The third kappa shape index (κ3) is 5.03. The summed E-state index contributed by atoms with van der Waals surface area (Å²) in [6.07, 6.45) is 0.261. The highest BCUT2D eigenvalue weighted by atomic mass is 32.2. The molecule has 1 aromatic carbocycles. The van der Waals surface area contributed by atoms with Crippen LogP contribution < -0.4 is 0 Å². The van der Waals surface area contributed by atoms with E-state index in [2.05, 4.69) is 0 Å². The monoisotopic (exact) mass is 354 g/mol. The Balaban J connectivity index is 2.25. The number of hydrogen-bond acceptors (Lipinski definition) is 5. The van der Waals surface area contributed by atoms with Gasteiger partial charge in [0.2, 0.25) is 0 Å². The Labute approximate surface area is 145 Å². The fraction of sp³-hybridized carbons (Fsp3) is 0.588. The van der Waals surface area contributed by atoms with Gasteiger partial charge in [0, 0.05) is 6.54 Å². The van der Waals surface area contributed by atoms with Crippen molar-refractivity contribution >= 4 is 17.5 Å². The lowest BCUT2D eigenvalue weighted by Crippen LogP contribution is -2.43. The van der Waals surface area contributed by atoms with Crippen LogP contribution in [0.2, 0.25) is 0 Å². The maximum Gasteiger partial charge on any atom is 0.410 e. The van der Waals surface area contributed by atoms with E-state index in [0.29, 0.717) is 13.0 Å². The fourth-order valence-corrected chi connectivity index (χ4v) is 3.25. The summed E-state index contributed by atoms with van der Waals surface area (Å²) in [7, 11) is 0. The van der Waals surface area contributed by atoms with Gasteiger partial charge in [0.1, 0.15) is 11.7 Å². The summed E-state index contributed by atoms with van der Waals surface area (Å²) in [6, 6.07) is 7.08. The molecule has 0 bridgehead atoms. The average molecular weight is 354 g/mol.